The van der Waals surface area contributed by atoms with E-state index in [1.165, 1.54) is 7.11 Å². The molecule has 0 saturated heterocycles. The molecule has 0 saturated carbocycles. The number of nitrogens with zero attached hydrogens (tertiary/aromatic N) is 1. The van der Waals surface area contributed by atoms with Gasteiger partial charge in [-0.15, -0.1) is 6.58 Å². The molecule has 0 amide bonds. The summed E-state index contributed by atoms with van der Waals surface area (Å²) in [5.74, 6) is 0.416. The second-order valence-corrected chi connectivity index (χ2v) is 4.68. The summed E-state index contributed by atoms with van der Waals surface area (Å²) in [6.45, 7) is 4.14. The summed E-state index contributed by atoms with van der Waals surface area (Å²) in [7, 11) is 1.48. The fraction of sp³-hybridized carbons (Fsp3) is 0.167. The summed E-state index contributed by atoms with van der Waals surface area (Å²) in [4.78, 5) is 0. The first kappa shape index (κ1) is 15.5. The maximum Gasteiger partial charge on any atom is 0.187 e. The number of aromatic hydroxyl groups is 1. The molecule has 0 aromatic heterocycles. The van der Waals surface area contributed by atoms with Crippen molar-refractivity contribution in [3.05, 3.63) is 34.8 Å². The number of benzene rings is 1. The predicted molar refractivity (Wildman–Crippen MR) is 83.9 cm³/mol. The van der Waals surface area contributed by atoms with Crippen molar-refractivity contribution in [2.75, 3.05) is 13.7 Å². The number of hydrazone groups is 1. The van der Waals surface area contributed by atoms with E-state index in [0.717, 1.165) is 5.56 Å². The first-order valence-electron chi connectivity index (χ1n) is 5.32. The van der Waals surface area contributed by atoms with Crippen molar-refractivity contribution in [3.63, 3.8) is 0 Å². The average molecular weight is 344 g/mol. The van der Waals surface area contributed by atoms with Crippen LogP contribution in [-0.2, 0) is 0 Å². The minimum Gasteiger partial charge on any atom is -0.503 e. The Labute approximate surface area is 125 Å². The molecule has 0 bridgehead atoms. The number of rotatable bonds is 5. The van der Waals surface area contributed by atoms with Crippen molar-refractivity contribution >= 4 is 39.5 Å². The Kier molecular flexibility index (Phi) is 6.31. The van der Waals surface area contributed by atoms with Crippen molar-refractivity contribution in [2.24, 2.45) is 5.10 Å². The first-order chi connectivity index (χ1) is 9.08. The number of nitrogens with one attached hydrogen (secondary N) is 2. The quantitative estimate of drug-likeness (QED) is 0.331. The van der Waals surface area contributed by atoms with Gasteiger partial charge in [-0.2, -0.15) is 5.10 Å². The molecular formula is C12H14BrN3O2S. The molecule has 7 heteroatoms. The molecule has 102 valence electrons. The van der Waals surface area contributed by atoms with Crippen molar-refractivity contribution in [1.82, 2.24) is 10.7 Å². The summed E-state index contributed by atoms with van der Waals surface area (Å²) in [5, 5.41) is 16.9. The van der Waals surface area contributed by atoms with Gasteiger partial charge in [0.15, 0.2) is 16.6 Å². The van der Waals surface area contributed by atoms with Gasteiger partial charge >= 0.3 is 0 Å². The van der Waals surface area contributed by atoms with Crippen LogP contribution in [0.3, 0.4) is 0 Å². The standard InChI is InChI=1S/C12H14BrN3O2S/c1-3-4-14-12(19)16-15-7-8-5-9(13)11(17)10(6-8)18-2/h3,5-7,17H,1,4H2,2H3,(H2,14,16,19)/b15-7-. The maximum atomic E-state index is 9.66. The summed E-state index contributed by atoms with van der Waals surface area (Å²) in [6.07, 6.45) is 3.26. The van der Waals surface area contributed by atoms with Crippen LogP contribution in [0.5, 0.6) is 11.5 Å². The van der Waals surface area contributed by atoms with E-state index in [1.54, 1.807) is 24.4 Å². The van der Waals surface area contributed by atoms with Gasteiger partial charge < -0.3 is 15.2 Å². The SMILES string of the molecule is C=CCNC(=S)N/N=C\c1cc(Br)c(O)c(OC)c1. The van der Waals surface area contributed by atoms with Gasteiger partial charge in [0.05, 0.1) is 17.8 Å². The molecule has 1 rings (SSSR count). The van der Waals surface area contributed by atoms with E-state index in [9.17, 15) is 5.11 Å². The van der Waals surface area contributed by atoms with Gasteiger partial charge in [-0.3, -0.25) is 5.43 Å². The van der Waals surface area contributed by atoms with E-state index in [1.807, 2.05) is 0 Å². The zero-order valence-electron chi connectivity index (χ0n) is 10.3. The topological polar surface area (TPSA) is 65.9 Å². The molecule has 0 radical (unpaired) electrons. The van der Waals surface area contributed by atoms with Crippen LogP contribution in [0.25, 0.3) is 0 Å². The second-order valence-electron chi connectivity index (χ2n) is 3.42. The van der Waals surface area contributed by atoms with Gasteiger partial charge in [0, 0.05) is 6.54 Å². The van der Waals surface area contributed by atoms with E-state index in [2.05, 4.69) is 38.4 Å². The number of phenols is 1. The Bertz CT molecular complexity index is 506. The molecule has 0 heterocycles. The normalized spacial score (nSPS) is 10.2. The Hall–Kier alpha value is -1.60. The molecule has 0 aliphatic heterocycles. The van der Waals surface area contributed by atoms with E-state index < -0.39 is 0 Å². The minimum absolute atomic E-state index is 0.0516. The van der Waals surface area contributed by atoms with Crippen LogP contribution < -0.4 is 15.5 Å². The monoisotopic (exact) mass is 343 g/mol. The van der Waals surface area contributed by atoms with E-state index in [-0.39, 0.29) is 5.75 Å². The zero-order chi connectivity index (χ0) is 14.3. The largest absolute Gasteiger partial charge is 0.503 e. The minimum atomic E-state index is 0.0516. The molecule has 0 fully saturated rings. The molecule has 0 aliphatic rings. The third kappa shape index (κ3) is 4.88. The highest BCUT2D eigenvalue weighted by molar-refractivity contribution is 9.10. The lowest BCUT2D eigenvalue weighted by molar-refractivity contribution is 0.372. The van der Waals surface area contributed by atoms with Crippen LogP contribution in [-0.4, -0.2) is 30.1 Å². The predicted octanol–water partition coefficient (Wildman–Crippen LogP) is 2.15. The van der Waals surface area contributed by atoms with Gasteiger partial charge in [-0.05, 0) is 45.8 Å². The number of methoxy groups -OCH3 is 1. The number of thiocarbonyl (C=S) groups is 1. The molecule has 1 aromatic carbocycles. The highest BCUT2D eigenvalue weighted by Gasteiger charge is 2.07. The molecule has 0 unspecified atom stereocenters. The van der Waals surface area contributed by atoms with Crippen LogP contribution in [0.2, 0.25) is 0 Å². The average Bonchev–Trinajstić information content (AvgIpc) is 2.40. The molecule has 0 aliphatic carbocycles. The van der Waals surface area contributed by atoms with Crippen LogP contribution >= 0.6 is 28.1 Å². The summed E-state index contributed by atoms with van der Waals surface area (Å²) >= 11 is 8.20. The van der Waals surface area contributed by atoms with Gasteiger partial charge in [-0.25, -0.2) is 0 Å². The van der Waals surface area contributed by atoms with E-state index >= 15 is 0 Å². The third-order valence-corrected chi connectivity index (χ3v) is 2.90. The van der Waals surface area contributed by atoms with Crippen LogP contribution in [0.15, 0.2) is 34.4 Å². The van der Waals surface area contributed by atoms with Gasteiger partial charge in [0.25, 0.3) is 0 Å². The summed E-state index contributed by atoms with van der Waals surface area (Å²) < 4.78 is 5.56. The van der Waals surface area contributed by atoms with Gasteiger partial charge in [0.2, 0.25) is 0 Å². The lowest BCUT2D eigenvalue weighted by Crippen LogP contribution is -2.31. The smallest absolute Gasteiger partial charge is 0.187 e. The number of hydrogen-bond acceptors (Lipinski definition) is 4. The Morgan fingerprint density at radius 3 is 3.00 bits per heavy atom. The molecular weight excluding hydrogens is 330 g/mol. The van der Waals surface area contributed by atoms with E-state index in [4.69, 9.17) is 17.0 Å². The number of halogens is 1. The highest BCUT2D eigenvalue weighted by atomic mass is 79.9. The maximum absolute atomic E-state index is 9.66. The van der Waals surface area contributed by atoms with Crippen molar-refractivity contribution in [3.8, 4) is 11.5 Å². The molecule has 5 nitrogen and oxygen atoms in total. The zero-order valence-corrected chi connectivity index (χ0v) is 12.7. The third-order valence-electron chi connectivity index (χ3n) is 2.06. The Balaban J connectivity index is 2.69. The lowest BCUT2D eigenvalue weighted by Gasteiger charge is -2.06. The Morgan fingerprint density at radius 2 is 2.37 bits per heavy atom. The number of hydrogen-bond donors (Lipinski definition) is 3. The first-order valence-corrected chi connectivity index (χ1v) is 6.53. The van der Waals surface area contributed by atoms with Crippen molar-refractivity contribution < 1.29 is 9.84 Å². The molecule has 1 aromatic rings. The van der Waals surface area contributed by atoms with Crippen LogP contribution in [0, 0.1) is 0 Å². The van der Waals surface area contributed by atoms with Gasteiger partial charge in [-0.1, -0.05) is 6.08 Å². The Morgan fingerprint density at radius 1 is 1.63 bits per heavy atom. The summed E-state index contributed by atoms with van der Waals surface area (Å²) in [6, 6.07) is 3.37. The van der Waals surface area contributed by atoms with Gasteiger partial charge in [0.1, 0.15) is 0 Å². The highest BCUT2D eigenvalue weighted by Crippen LogP contribution is 2.34. The fourth-order valence-electron chi connectivity index (χ4n) is 1.19. The van der Waals surface area contributed by atoms with Crippen LogP contribution in [0.1, 0.15) is 5.56 Å². The molecule has 0 spiro atoms. The number of phenolic OH excluding ortho intramolecular Hbond substituents is 1. The van der Waals surface area contributed by atoms with Crippen molar-refractivity contribution in [2.45, 2.75) is 0 Å². The fourth-order valence-corrected chi connectivity index (χ4v) is 1.79. The second kappa shape index (κ2) is 7.75. The molecule has 0 atom stereocenters. The van der Waals surface area contributed by atoms with Crippen LogP contribution in [0.4, 0.5) is 0 Å². The van der Waals surface area contributed by atoms with Crippen molar-refractivity contribution in [1.29, 1.82) is 0 Å². The van der Waals surface area contributed by atoms with E-state index in [0.29, 0.717) is 21.9 Å². The lowest BCUT2D eigenvalue weighted by atomic mass is 10.2. The molecule has 3 N–H and O–H groups in total. The summed E-state index contributed by atoms with van der Waals surface area (Å²) in [5.41, 5.74) is 3.41. The number of ether oxygens (including phenoxy) is 1. The molecule has 19 heavy (non-hydrogen) atoms.